The van der Waals surface area contributed by atoms with Crippen molar-refractivity contribution in [3.63, 3.8) is 0 Å². The van der Waals surface area contributed by atoms with E-state index in [-0.39, 0.29) is 36.7 Å². The van der Waals surface area contributed by atoms with E-state index in [0.29, 0.717) is 37.6 Å². The molecule has 1 amide bonds. The molecule has 1 unspecified atom stereocenters. The van der Waals surface area contributed by atoms with E-state index in [1.165, 1.54) is 36.0 Å². The summed E-state index contributed by atoms with van der Waals surface area (Å²) in [5, 5.41) is 2.89. The van der Waals surface area contributed by atoms with Crippen LogP contribution in [0.5, 0.6) is 0 Å². The molecule has 1 saturated heterocycles. The van der Waals surface area contributed by atoms with E-state index in [4.69, 9.17) is 5.84 Å². The summed E-state index contributed by atoms with van der Waals surface area (Å²) in [6.45, 7) is 0.516. The van der Waals surface area contributed by atoms with Crippen molar-refractivity contribution in [1.29, 1.82) is 0 Å². The summed E-state index contributed by atoms with van der Waals surface area (Å²) < 4.78 is 70.8. The number of rotatable bonds is 9. The van der Waals surface area contributed by atoms with Crippen LogP contribution in [0.1, 0.15) is 79.2 Å². The molecule has 0 spiro atoms. The summed E-state index contributed by atoms with van der Waals surface area (Å²) in [5.41, 5.74) is 1.57. The Morgan fingerprint density at radius 1 is 1.23 bits per heavy atom. The molecular formula is C27H36F5N7O. The number of imidazole rings is 1. The van der Waals surface area contributed by atoms with E-state index in [0.717, 1.165) is 31.7 Å². The third-order valence-corrected chi connectivity index (χ3v) is 7.63. The quantitative estimate of drug-likeness (QED) is 0.134. The largest absolute Gasteiger partial charge is 0.418 e. The molecular weight excluding hydrogens is 533 g/mol. The fourth-order valence-corrected chi connectivity index (χ4v) is 5.60. The molecule has 4 N–H and O–H groups in total. The number of aromatic nitrogens is 2. The van der Waals surface area contributed by atoms with Gasteiger partial charge in [-0.25, -0.2) is 19.6 Å². The van der Waals surface area contributed by atoms with Crippen molar-refractivity contribution in [3.8, 4) is 5.69 Å². The average Bonchev–Trinajstić information content (AvgIpc) is 3.59. The van der Waals surface area contributed by atoms with Crippen LogP contribution in [0.3, 0.4) is 0 Å². The number of carbonyl (C=O) groups excluding carboxylic acids is 1. The predicted molar refractivity (Wildman–Crippen MR) is 142 cm³/mol. The summed E-state index contributed by atoms with van der Waals surface area (Å²) in [6.07, 6.45) is 0.982. The summed E-state index contributed by atoms with van der Waals surface area (Å²) in [6, 6.07) is 4.71. The minimum atomic E-state index is -4.59. The number of nitrogens with two attached hydrogens (primary N) is 1. The summed E-state index contributed by atoms with van der Waals surface area (Å²) in [4.78, 5) is 23.7. The number of nitrogens with zero attached hydrogens (tertiary/aromatic N) is 4. The van der Waals surface area contributed by atoms with Gasteiger partial charge in [-0.15, -0.1) is 0 Å². The molecule has 4 rings (SSSR count). The predicted octanol–water partition coefficient (Wildman–Crippen LogP) is 4.65. The maximum absolute atomic E-state index is 13.9. The Kier molecular flexibility index (Phi) is 9.44. The first-order chi connectivity index (χ1) is 19.0. The highest BCUT2D eigenvalue weighted by atomic mass is 19.4. The number of para-hydroxylation sites is 1. The van der Waals surface area contributed by atoms with Crippen LogP contribution in [0, 0.1) is 0 Å². The van der Waals surface area contributed by atoms with Crippen LogP contribution in [0.4, 0.5) is 22.0 Å². The minimum Gasteiger partial charge on any atom is -0.347 e. The lowest BCUT2D eigenvalue weighted by Gasteiger charge is -2.33. The molecule has 1 aliphatic heterocycles. The van der Waals surface area contributed by atoms with Gasteiger partial charge >= 0.3 is 6.18 Å². The molecule has 1 aromatic heterocycles. The molecule has 2 aliphatic rings. The first-order valence-corrected chi connectivity index (χ1v) is 13.6. The van der Waals surface area contributed by atoms with Gasteiger partial charge in [0.15, 0.2) is 0 Å². The number of hydrogen-bond acceptors (Lipinski definition) is 5. The zero-order valence-corrected chi connectivity index (χ0v) is 22.5. The Labute approximate surface area is 230 Å². The van der Waals surface area contributed by atoms with Gasteiger partial charge in [0.2, 0.25) is 0 Å². The van der Waals surface area contributed by atoms with Crippen LogP contribution in [0.2, 0.25) is 0 Å². The van der Waals surface area contributed by atoms with E-state index >= 15 is 0 Å². The first-order valence-electron chi connectivity index (χ1n) is 13.6. The molecule has 1 aliphatic carbocycles. The number of hydrogen-bond donors (Lipinski definition) is 3. The Hall–Kier alpha value is -3.06. The zero-order valence-electron chi connectivity index (χ0n) is 22.5. The van der Waals surface area contributed by atoms with Gasteiger partial charge in [0, 0.05) is 44.6 Å². The van der Waals surface area contributed by atoms with Gasteiger partial charge in [-0.1, -0.05) is 25.0 Å². The normalized spacial score (nSPS) is 19.5. The molecule has 1 aromatic carbocycles. The first kappa shape index (κ1) is 29.9. The van der Waals surface area contributed by atoms with Crippen molar-refractivity contribution in [3.05, 3.63) is 47.5 Å². The number of halogens is 5. The monoisotopic (exact) mass is 569 g/mol. The molecule has 40 heavy (non-hydrogen) atoms. The molecule has 2 fully saturated rings. The van der Waals surface area contributed by atoms with Crippen molar-refractivity contribution < 1.29 is 26.7 Å². The van der Waals surface area contributed by atoms with Crippen molar-refractivity contribution in [2.45, 2.75) is 75.4 Å². The van der Waals surface area contributed by atoms with Crippen LogP contribution in [0.25, 0.3) is 5.69 Å². The van der Waals surface area contributed by atoms with Crippen LogP contribution in [0.15, 0.2) is 35.5 Å². The second-order valence-corrected chi connectivity index (χ2v) is 10.6. The number of nitrogens with one attached hydrogen (secondary N) is 2. The van der Waals surface area contributed by atoms with Gasteiger partial charge in [-0.05, 0) is 44.4 Å². The number of likely N-dealkylation sites (tertiary alicyclic amines) is 1. The van der Waals surface area contributed by atoms with Crippen molar-refractivity contribution in [1.82, 2.24) is 25.2 Å². The van der Waals surface area contributed by atoms with E-state index < -0.39 is 29.6 Å². The van der Waals surface area contributed by atoms with Gasteiger partial charge in [-0.2, -0.15) is 13.2 Å². The van der Waals surface area contributed by atoms with Gasteiger partial charge < -0.3 is 15.3 Å². The lowest BCUT2D eigenvalue weighted by molar-refractivity contribution is -0.137. The Morgan fingerprint density at radius 3 is 2.60 bits per heavy atom. The van der Waals surface area contributed by atoms with E-state index in [1.54, 1.807) is 4.90 Å². The number of aliphatic imine (C=N–C) groups is 1. The van der Waals surface area contributed by atoms with Crippen LogP contribution >= 0.6 is 0 Å². The van der Waals surface area contributed by atoms with E-state index in [9.17, 15) is 26.7 Å². The number of hydrazine groups is 1. The van der Waals surface area contributed by atoms with E-state index in [1.807, 2.05) is 0 Å². The number of alkyl halides is 5. The number of amidine groups is 1. The Bertz CT molecular complexity index is 1190. The fourth-order valence-electron chi connectivity index (χ4n) is 5.60. The second-order valence-electron chi connectivity index (χ2n) is 10.6. The van der Waals surface area contributed by atoms with Crippen molar-refractivity contribution in [2.75, 3.05) is 26.7 Å². The lowest BCUT2D eigenvalue weighted by atomic mass is 10.0. The van der Waals surface area contributed by atoms with Gasteiger partial charge in [0.05, 0.1) is 17.8 Å². The molecule has 13 heteroatoms. The smallest absolute Gasteiger partial charge is 0.347 e. The number of amides is 1. The SMILES string of the molecule is CN=C(CC(CCN1CCCC(F)(F)C1)NC(=O)c1cn(-c2ccccc2C(F)(F)F)c(C2CCCC2)n1)NN. The highest BCUT2D eigenvalue weighted by Gasteiger charge is 2.36. The highest BCUT2D eigenvalue weighted by molar-refractivity contribution is 5.93. The Balaban J connectivity index is 1.59. The maximum atomic E-state index is 13.9. The number of carbonyl (C=O) groups is 1. The summed E-state index contributed by atoms with van der Waals surface area (Å²) >= 11 is 0. The van der Waals surface area contributed by atoms with Gasteiger partial charge in [0.25, 0.3) is 11.8 Å². The zero-order chi connectivity index (χ0) is 28.9. The third-order valence-electron chi connectivity index (χ3n) is 7.63. The second kappa shape index (κ2) is 12.6. The fraction of sp³-hybridized carbons (Fsp3) is 0.593. The van der Waals surface area contributed by atoms with E-state index in [2.05, 4.69) is 20.7 Å². The van der Waals surface area contributed by atoms with Crippen LogP contribution < -0.4 is 16.6 Å². The maximum Gasteiger partial charge on any atom is 0.418 e. The van der Waals surface area contributed by atoms with Crippen molar-refractivity contribution >= 4 is 11.7 Å². The van der Waals surface area contributed by atoms with Gasteiger partial charge in [0.1, 0.15) is 17.4 Å². The molecule has 2 aromatic rings. The highest BCUT2D eigenvalue weighted by Crippen LogP contribution is 2.38. The van der Waals surface area contributed by atoms with Crippen molar-refractivity contribution in [2.24, 2.45) is 10.8 Å². The molecule has 1 atom stereocenters. The molecule has 1 saturated carbocycles. The number of benzene rings is 1. The average molecular weight is 570 g/mol. The molecule has 220 valence electrons. The third kappa shape index (κ3) is 7.36. The summed E-state index contributed by atoms with van der Waals surface area (Å²) in [5.74, 6) is 2.99. The Morgan fingerprint density at radius 2 is 1.95 bits per heavy atom. The van der Waals surface area contributed by atoms with Crippen LogP contribution in [-0.2, 0) is 6.18 Å². The topological polar surface area (TPSA) is 101 Å². The summed E-state index contributed by atoms with van der Waals surface area (Å²) in [7, 11) is 1.53. The lowest BCUT2D eigenvalue weighted by Crippen LogP contribution is -2.46. The van der Waals surface area contributed by atoms with Crippen LogP contribution in [-0.4, -0.2) is 64.8 Å². The molecule has 0 bridgehead atoms. The van der Waals surface area contributed by atoms with Gasteiger partial charge in [-0.3, -0.25) is 14.7 Å². The standard InChI is InChI=1S/C27H36F5N7O/c1-34-23(37-33)15-19(11-14-38-13-6-12-26(28,29)17-38)35-25(40)21-16-39(24(36-21)18-7-2-3-8-18)22-10-5-4-9-20(22)27(30,31)32/h4-5,9-10,16,18-19H,2-3,6-8,11-15,17,33H2,1H3,(H,34,37)(H,35,40). The molecule has 0 radical (unpaired) electrons. The molecule has 8 nitrogen and oxygen atoms in total. The number of piperidine rings is 1. The molecule has 2 heterocycles. The minimum absolute atomic E-state index is 0.0101.